The standard InChI is InChI=1S/C10H13Cl2NOS/c1-2-7(5-6-11)13-10(14)8-3-4-9(12)15-8/h3-4,7H,2,5-6H2,1H3,(H,13,14). The second-order valence-electron chi connectivity index (χ2n) is 3.16. The van der Waals surface area contributed by atoms with Gasteiger partial charge >= 0.3 is 0 Å². The molecule has 84 valence electrons. The Kier molecular flexibility index (Phi) is 5.43. The van der Waals surface area contributed by atoms with Crippen molar-refractivity contribution >= 4 is 40.4 Å². The number of thiophene rings is 1. The van der Waals surface area contributed by atoms with Gasteiger partial charge in [-0.15, -0.1) is 22.9 Å². The van der Waals surface area contributed by atoms with E-state index in [4.69, 9.17) is 23.2 Å². The summed E-state index contributed by atoms with van der Waals surface area (Å²) in [7, 11) is 0. The summed E-state index contributed by atoms with van der Waals surface area (Å²) in [6, 6.07) is 3.61. The normalized spacial score (nSPS) is 12.5. The number of hydrogen-bond acceptors (Lipinski definition) is 2. The lowest BCUT2D eigenvalue weighted by molar-refractivity contribution is 0.0939. The summed E-state index contributed by atoms with van der Waals surface area (Å²) < 4.78 is 0.630. The van der Waals surface area contributed by atoms with Crippen molar-refractivity contribution in [2.75, 3.05) is 5.88 Å². The van der Waals surface area contributed by atoms with Crippen LogP contribution >= 0.6 is 34.5 Å². The van der Waals surface area contributed by atoms with Crippen molar-refractivity contribution in [1.29, 1.82) is 0 Å². The van der Waals surface area contributed by atoms with E-state index in [1.165, 1.54) is 11.3 Å². The molecule has 0 aliphatic heterocycles. The molecule has 5 heteroatoms. The third-order valence-electron chi connectivity index (χ3n) is 2.08. The molecule has 15 heavy (non-hydrogen) atoms. The van der Waals surface area contributed by atoms with E-state index < -0.39 is 0 Å². The molecule has 2 nitrogen and oxygen atoms in total. The fourth-order valence-corrected chi connectivity index (χ4v) is 2.41. The summed E-state index contributed by atoms with van der Waals surface area (Å²) in [6.07, 6.45) is 1.68. The van der Waals surface area contributed by atoms with Gasteiger partial charge < -0.3 is 5.32 Å². The Morgan fingerprint density at radius 2 is 2.33 bits per heavy atom. The second-order valence-corrected chi connectivity index (χ2v) is 5.25. The maximum atomic E-state index is 11.7. The maximum absolute atomic E-state index is 11.7. The van der Waals surface area contributed by atoms with Gasteiger partial charge in [0.05, 0.1) is 9.21 Å². The van der Waals surface area contributed by atoms with Crippen molar-refractivity contribution in [3.8, 4) is 0 Å². The highest BCUT2D eigenvalue weighted by Gasteiger charge is 2.13. The fourth-order valence-electron chi connectivity index (χ4n) is 1.20. The molecule has 0 radical (unpaired) electrons. The van der Waals surface area contributed by atoms with Crippen LogP contribution in [0.4, 0.5) is 0 Å². The second kappa shape index (κ2) is 6.36. The van der Waals surface area contributed by atoms with Gasteiger partial charge in [-0.2, -0.15) is 0 Å². The third-order valence-corrected chi connectivity index (χ3v) is 3.53. The predicted octanol–water partition coefficient (Wildman–Crippen LogP) is 3.54. The Morgan fingerprint density at radius 1 is 1.60 bits per heavy atom. The lowest BCUT2D eigenvalue weighted by atomic mass is 10.2. The van der Waals surface area contributed by atoms with Crippen molar-refractivity contribution in [3.63, 3.8) is 0 Å². The van der Waals surface area contributed by atoms with E-state index in [1.807, 2.05) is 6.92 Å². The zero-order valence-corrected chi connectivity index (χ0v) is 10.8. The number of rotatable bonds is 5. The molecule has 1 aromatic heterocycles. The number of amides is 1. The molecule has 0 saturated heterocycles. The lowest BCUT2D eigenvalue weighted by Crippen LogP contribution is -2.34. The largest absolute Gasteiger partial charge is 0.349 e. The molecule has 1 heterocycles. The van der Waals surface area contributed by atoms with E-state index in [1.54, 1.807) is 12.1 Å². The van der Waals surface area contributed by atoms with Crippen molar-refractivity contribution in [2.45, 2.75) is 25.8 Å². The predicted molar refractivity (Wildman–Crippen MR) is 66.2 cm³/mol. The Labute approximate surface area is 104 Å². The molecule has 1 atom stereocenters. The van der Waals surface area contributed by atoms with Crippen LogP contribution in [0.5, 0.6) is 0 Å². The number of alkyl halides is 1. The molecule has 0 saturated carbocycles. The summed E-state index contributed by atoms with van der Waals surface area (Å²) in [6.45, 7) is 2.03. The Balaban J connectivity index is 2.54. The van der Waals surface area contributed by atoms with E-state index in [0.717, 1.165) is 12.8 Å². The van der Waals surface area contributed by atoms with Crippen molar-refractivity contribution in [2.24, 2.45) is 0 Å². The van der Waals surface area contributed by atoms with E-state index >= 15 is 0 Å². The molecule has 0 aromatic carbocycles. The summed E-state index contributed by atoms with van der Waals surface area (Å²) in [5.74, 6) is 0.494. The van der Waals surface area contributed by atoms with Gasteiger partial charge in [0, 0.05) is 11.9 Å². The first-order valence-electron chi connectivity index (χ1n) is 4.79. The highest BCUT2D eigenvalue weighted by atomic mass is 35.5. The number of halogens is 2. The van der Waals surface area contributed by atoms with Gasteiger partial charge in [0.15, 0.2) is 0 Å². The molecule has 1 unspecified atom stereocenters. The van der Waals surface area contributed by atoms with Gasteiger partial charge in [0.1, 0.15) is 0 Å². The summed E-state index contributed by atoms with van der Waals surface area (Å²) >= 11 is 12.7. The van der Waals surface area contributed by atoms with Crippen LogP contribution in [0, 0.1) is 0 Å². The number of carbonyl (C=O) groups is 1. The Morgan fingerprint density at radius 3 is 2.80 bits per heavy atom. The number of hydrogen-bond donors (Lipinski definition) is 1. The van der Waals surface area contributed by atoms with Crippen LogP contribution in [0.3, 0.4) is 0 Å². The smallest absolute Gasteiger partial charge is 0.261 e. The topological polar surface area (TPSA) is 29.1 Å². The molecular weight excluding hydrogens is 253 g/mol. The lowest BCUT2D eigenvalue weighted by Gasteiger charge is -2.14. The maximum Gasteiger partial charge on any atom is 0.261 e. The Hall–Kier alpha value is -0.250. The van der Waals surface area contributed by atoms with Crippen LogP contribution < -0.4 is 5.32 Å². The first-order valence-corrected chi connectivity index (χ1v) is 6.52. The van der Waals surface area contributed by atoms with Gasteiger partial charge in [-0.1, -0.05) is 18.5 Å². The number of nitrogens with one attached hydrogen (secondary N) is 1. The molecule has 1 rings (SSSR count). The summed E-state index contributed by atoms with van der Waals surface area (Å²) in [4.78, 5) is 12.3. The van der Waals surface area contributed by atoms with Crippen molar-refractivity contribution in [3.05, 3.63) is 21.3 Å². The van der Waals surface area contributed by atoms with Gasteiger partial charge in [-0.25, -0.2) is 0 Å². The molecule has 1 aromatic rings. The minimum atomic E-state index is -0.0659. The first-order chi connectivity index (χ1) is 7.17. The molecule has 0 aliphatic rings. The zero-order chi connectivity index (χ0) is 11.3. The van der Waals surface area contributed by atoms with Gasteiger partial charge in [0.25, 0.3) is 5.91 Å². The average Bonchev–Trinajstić information content (AvgIpc) is 2.64. The van der Waals surface area contributed by atoms with E-state index in [-0.39, 0.29) is 11.9 Å². The number of carbonyl (C=O) groups excluding carboxylic acids is 1. The third kappa shape index (κ3) is 4.01. The van der Waals surface area contributed by atoms with Crippen LogP contribution in [0.15, 0.2) is 12.1 Å². The molecule has 0 aliphatic carbocycles. The van der Waals surface area contributed by atoms with Crippen LogP contribution in [0.1, 0.15) is 29.4 Å². The monoisotopic (exact) mass is 265 g/mol. The molecule has 1 N–H and O–H groups in total. The van der Waals surface area contributed by atoms with Gasteiger partial charge in [-0.05, 0) is 25.0 Å². The van der Waals surface area contributed by atoms with Gasteiger partial charge in [-0.3, -0.25) is 4.79 Å². The van der Waals surface area contributed by atoms with Crippen LogP contribution in [0.25, 0.3) is 0 Å². The fraction of sp³-hybridized carbons (Fsp3) is 0.500. The van der Waals surface area contributed by atoms with E-state index in [2.05, 4.69) is 5.32 Å². The summed E-state index contributed by atoms with van der Waals surface area (Å²) in [5.41, 5.74) is 0. The summed E-state index contributed by atoms with van der Waals surface area (Å²) in [5, 5.41) is 2.93. The molecular formula is C10H13Cl2NOS. The van der Waals surface area contributed by atoms with Gasteiger partial charge in [0.2, 0.25) is 0 Å². The molecule has 0 spiro atoms. The zero-order valence-electron chi connectivity index (χ0n) is 8.43. The highest BCUT2D eigenvalue weighted by Crippen LogP contribution is 2.21. The first kappa shape index (κ1) is 12.8. The Bertz CT molecular complexity index is 327. The minimum Gasteiger partial charge on any atom is -0.349 e. The quantitative estimate of drug-likeness (QED) is 0.811. The van der Waals surface area contributed by atoms with E-state index in [0.29, 0.717) is 15.1 Å². The van der Waals surface area contributed by atoms with Crippen molar-refractivity contribution < 1.29 is 4.79 Å². The molecule has 0 fully saturated rings. The van der Waals surface area contributed by atoms with Crippen molar-refractivity contribution in [1.82, 2.24) is 5.32 Å². The van der Waals surface area contributed by atoms with Crippen LogP contribution in [-0.2, 0) is 0 Å². The highest BCUT2D eigenvalue weighted by molar-refractivity contribution is 7.17. The SMILES string of the molecule is CCC(CCCl)NC(=O)c1ccc(Cl)s1. The average molecular weight is 266 g/mol. The van der Waals surface area contributed by atoms with E-state index in [9.17, 15) is 4.79 Å². The van der Waals surface area contributed by atoms with Crippen LogP contribution in [-0.4, -0.2) is 17.8 Å². The molecule has 0 bridgehead atoms. The van der Waals surface area contributed by atoms with Crippen LogP contribution in [0.2, 0.25) is 4.34 Å². The molecule has 1 amide bonds. The minimum absolute atomic E-state index is 0.0659.